The van der Waals surface area contributed by atoms with Crippen molar-refractivity contribution in [2.75, 3.05) is 7.11 Å². The van der Waals surface area contributed by atoms with Gasteiger partial charge in [0.25, 0.3) is 0 Å². The molecule has 1 atom stereocenters. The number of ether oxygens (including phenoxy) is 1. The molecule has 3 nitrogen and oxygen atoms in total. The molecular weight excluding hydrogens is 168 g/mol. The SMILES string of the molecule is COC(O)c1cccc(C(C)=O)c1. The molecule has 0 heterocycles. The highest BCUT2D eigenvalue weighted by Gasteiger charge is 2.07. The van der Waals surface area contributed by atoms with Gasteiger partial charge in [0.15, 0.2) is 12.1 Å². The Morgan fingerprint density at radius 2 is 2.23 bits per heavy atom. The highest BCUT2D eigenvalue weighted by Crippen LogP contribution is 2.14. The molecule has 1 N–H and O–H groups in total. The molecule has 0 aliphatic carbocycles. The molecule has 1 aromatic carbocycles. The lowest BCUT2D eigenvalue weighted by molar-refractivity contribution is -0.0769. The van der Waals surface area contributed by atoms with E-state index in [2.05, 4.69) is 0 Å². The van der Waals surface area contributed by atoms with Gasteiger partial charge in [0.1, 0.15) is 0 Å². The number of methoxy groups -OCH3 is 1. The summed E-state index contributed by atoms with van der Waals surface area (Å²) in [5.74, 6) is -0.0230. The number of Topliss-reactive ketones (excluding diaryl/α,β-unsaturated/α-hetero) is 1. The van der Waals surface area contributed by atoms with Crippen LogP contribution in [0.4, 0.5) is 0 Å². The predicted molar refractivity (Wildman–Crippen MR) is 48.4 cm³/mol. The van der Waals surface area contributed by atoms with Crippen LogP contribution in [0.15, 0.2) is 24.3 Å². The molecule has 0 amide bonds. The maximum absolute atomic E-state index is 11.0. The molecule has 13 heavy (non-hydrogen) atoms. The van der Waals surface area contributed by atoms with Gasteiger partial charge >= 0.3 is 0 Å². The maximum atomic E-state index is 11.0. The Morgan fingerprint density at radius 3 is 2.77 bits per heavy atom. The lowest BCUT2D eigenvalue weighted by atomic mass is 10.1. The van der Waals surface area contributed by atoms with Crippen molar-refractivity contribution < 1.29 is 14.6 Å². The minimum atomic E-state index is -0.959. The van der Waals surface area contributed by atoms with Crippen LogP contribution in [0.2, 0.25) is 0 Å². The van der Waals surface area contributed by atoms with Gasteiger partial charge in [0, 0.05) is 18.2 Å². The van der Waals surface area contributed by atoms with Crippen LogP contribution >= 0.6 is 0 Å². The van der Waals surface area contributed by atoms with Crippen molar-refractivity contribution in [2.24, 2.45) is 0 Å². The van der Waals surface area contributed by atoms with E-state index in [9.17, 15) is 9.90 Å². The Labute approximate surface area is 77.0 Å². The molecule has 0 aliphatic heterocycles. The summed E-state index contributed by atoms with van der Waals surface area (Å²) in [6.07, 6.45) is -0.959. The zero-order valence-corrected chi connectivity index (χ0v) is 7.65. The van der Waals surface area contributed by atoms with Crippen molar-refractivity contribution in [1.82, 2.24) is 0 Å². The number of benzene rings is 1. The Hall–Kier alpha value is -1.19. The first-order valence-corrected chi connectivity index (χ1v) is 3.97. The summed E-state index contributed by atoms with van der Waals surface area (Å²) in [7, 11) is 1.41. The second kappa shape index (κ2) is 4.16. The first-order valence-electron chi connectivity index (χ1n) is 3.97. The average molecular weight is 180 g/mol. The van der Waals surface area contributed by atoms with E-state index in [0.29, 0.717) is 11.1 Å². The molecular formula is C10H12O3. The number of carbonyl (C=O) groups excluding carboxylic acids is 1. The van der Waals surface area contributed by atoms with Crippen molar-refractivity contribution in [1.29, 1.82) is 0 Å². The van der Waals surface area contributed by atoms with E-state index in [1.807, 2.05) is 0 Å². The molecule has 0 aliphatic rings. The number of rotatable bonds is 3. The van der Waals surface area contributed by atoms with E-state index in [-0.39, 0.29) is 5.78 Å². The highest BCUT2D eigenvalue weighted by molar-refractivity contribution is 5.94. The second-order valence-electron chi connectivity index (χ2n) is 2.77. The molecule has 0 radical (unpaired) electrons. The molecule has 1 rings (SSSR count). The Balaban J connectivity index is 2.98. The lowest BCUT2D eigenvalue weighted by Crippen LogP contribution is -2.01. The minimum Gasteiger partial charge on any atom is -0.364 e. The van der Waals surface area contributed by atoms with E-state index in [0.717, 1.165) is 0 Å². The van der Waals surface area contributed by atoms with Crippen molar-refractivity contribution in [3.05, 3.63) is 35.4 Å². The predicted octanol–water partition coefficient (Wildman–Crippen LogP) is 1.53. The Morgan fingerprint density at radius 1 is 1.54 bits per heavy atom. The van der Waals surface area contributed by atoms with Gasteiger partial charge in [0.05, 0.1) is 0 Å². The van der Waals surface area contributed by atoms with Gasteiger partial charge in [-0.2, -0.15) is 0 Å². The molecule has 3 heteroatoms. The summed E-state index contributed by atoms with van der Waals surface area (Å²) in [5.41, 5.74) is 1.17. The van der Waals surface area contributed by atoms with Crippen molar-refractivity contribution in [3.8, 4) is 0 Å². The molecule has 0 spiro atoms. The molecule has 0 fully saturated rings. The molecule has 70 valence electrons. The monoisotopic (exact) mass is 180 g/mol. The second-order valence-corrected chi connectivity index (χ2v) is 2.77. The molecule has 0 bridgehead atoms. The summed E-state index contributed by atoms with van der Waals surface area (Å²) in [6, 6.07) is 6.75. The number of aliphatic hydroxyl groups excluding tert-OH is 1. The Kier molecular flexibility index (Phi) is 3.17. The van der Waals surface area contributed by atoms with Gasteiger partial charge in [-0.05, 0) is 13.0 Å². The van der Waals surface area contributed by atoms with Crippen LogP contribution in [0.1, 0.15) is 29.1 Å². The molecule has 0 saturated carbocycles. The van der Waals surface area contributed by atoms with Gasteiger partial charge in [-0.3, -0.25) is 4.79 Å². The zero-order chi connectivity index (χ0) is 9.84. The quantitative estimate of drug-likeness (QED) is 0.566. The maximum Gasteiger partial charge on any atom is 0.180 e. The summed E-state index contributed by atoms with van der Waals surface area (Å²) in [5, 5.41) is 9.30. The fourth-order valence-corrected chi connectivity index (χ4v) is 1.05. The summed E-state index contributed by atoms with van der Waals surface area (Å²) < 4.78 is 4.72. The topological polar surface area (TPSA) is 46.5 Å². The minimum absolute atomic E-state index is 0.0230. The van der Waals surface area contributed by atoms with Gasteiger partial charge < -0.3 is 9.84 Å². The highest BCUT2D eigenvalue weighted by atomic mass is 16.6. The summed E-state index contributed by atoms with van der Waals surface area (Å²) >= 11 is 0. The fourth-order valence-electron chi connectivity index (χ4n) is 1.05. The van der Waals surface area contributed by atoms with Crippen LogP contribution in [-0.2, 0) is 4.74 Å². The van der Waals surface area contributed by atoms with E-state index < -0.39 is 6.29 Å². The standard InChI is InChI=1S/C10H12O3/c1-7(11)8-4-3-5-9(6-8)10(12)13-2/h3-6,10,12H,1-2H3. The van der Waals surface area contributed by atoms with Gasteiger partial charge in [-0.1, -0.05) is 18.2 Å². The van der Waals surface area contributed by atoms with Crippen LogP contribution in [0.3, 0.4) is 0 Å². The van der Waals surface area contributed by atoms with Gasteiger partial charge in [0.2, 0.25) is 0 Å². The van der Waals surface area contributed by atoms with Crippen molar-refractivity contribution in [2.45, 2.75) is 13.2 Å². The Bertz CT molecular complexity index is 307. The number of ketones is 1. The largest absolute Gasteiger partial charge is 0.364 e. The van der Waals surface area contributed by atoms with Crippen LogP contribution in [-0.4, -0.2) is 18.0 Å². The van der Waals surface area contributed by atoms with Crippen molar-refractivity contribution in [3.63, 3.8) is 0 Å². The molecule has 0 aromatic heterocycles. The van der Waals surface area contributed by atoms with E-state index in [1.54, 1.807) is 24.3 Å². The van der Waals surface area contributed by atoms with Crippen LogP contribution in [0.5, 0.6) is 0 Å². The van der Waals surface area contributed by atoms with E-state index >= 15 is 0 Å². The van der Waals surface area contributed by atoms with Gasteiger partial charge in [-0.25, -0.2) is 0 Å². The van der Waals surface area contributed by atoms with Crippen LogP contribution in [0, 0.1) is 0 Å². The third-order valence-electron chi connectivity index (χ3n) is 1.80. The number of hydrogen-bond donors (Lipinski definition) is 1. The third-order valence-corrected chi connectivity index (χ3v) is 1.80. The van der Waals surface area contributed by atoms with Crippen LogP contribution in [0.25, 0.3) is 0 Å². The first-order chi connectivity index (χ1) is 6.15. The van der Waals surface area contributed by atoms with Crippen LogP contribution < -0.4 is 0 Å². The fraction of sp³-hybridized carbons (Fsp3) is 0.300. The number of hydrogen-bond acceptors (Lipinski definition) is 3. The third kappa shape index (κ3) is 2.37. The smallest absolute Gasteiger partial charge is 0.180 e. The summed E-state index contributed by atoms with van der Waals surface area (Å²) in [6.45, 7) is 1.48. The first kappa shape index (κ1) is 9.89. The molecule has 1 unspecified atom stereocenters. The van der Waals surface area contributed by atoms with Crippen molar-refractivity contribution >= 4 is 5.78 Å². The molecule has 1 aromatic rings. The van der Waals surface area contributed by atoms with E-state index in [4.69, 9.17) is 4.74 Å². The van der Waals surface area contributed by atoms with E-state index in [1.165, 1.54) is 14.0 Å². The average Bonchev–Trinajstić information content (AvgIpc) is 2.17. The zero-order valence-electron chi connectivity index (χ0n) is 7.65. The molecule has 0 saturated heterocycles. The lowest BCUT2D eigenvalue weighted by Gasteiger charge is -2.08. The number of aliphatic hydroxyl groups is 1. The number of carbonyl (C=O) groups is 1. The van der Waals surface area contributed by atoms with Gasteiger partial charge in [-0.15, -0.1) is 0 Å². The summed E-state index contributed by atoms with van der Waals surface area (Å²) in [4.78, 5) is 11.0. The normalized spacial score (nSPS) is 12.5.